The molecule has 1 fully saturated rings. The minimum Gasteiger partial charge on any atom is -0.496 e. The number of nitrogens with two attached hydrogens (primary N) is 1. The number of rotatable bonds is 2. The lowest BCUT2D eigenvalue weighted by molar-refractivity contribution is -0.140. The number of carbonyl (C=O) groups is 2. The Bertz CT molecular complexity index is 651. The van der Waals surface area contributed by atoms with E-state index in [2.05, 4.69) is 0 Å². The molecular formula is C17H25Cl2N3O3. The molecule has 0 unspecified atom stereocenters. The third-order valence-corrected chi connectivity index (χ3v) is 4.37. The number of halogens is 2. The maximum Gasteiger partial charge on any atom is 0.257 e. The van der Waals surface area contributed by atoms with Gasteiger partial charge in [-0.3, -0.25) is 9.59 Å². The van der Waals surface area contributed by atoms with E-state index in [0.29, 0.717) is 48.2 Å². The van der Waals surface area contributed by atoms with Crippen molar-refractivity contribution >= 4 is 41.5 Å². The first-order valence-electron chi connectivity index (χ1n) is 7.87. The van der Waals surface area contributed by atoms with Crippen LogP contribution in [0.3, 0.4) is 0 Å². The molecular weight excluding hydrogens is 365 g/mol. The van der Waals surface area contributed by atoms with Crippen molar-refractivity contribution in [1.29, 1.82) is 0 Å². The van der Waals surface area contributed by atoms with E-state index in [4.69, 9.17) is 22.1 Å². The fourth-order valence-corrected chi connectivity index (χ4v) is 2.83. The molecule has 140 valence electrons. The number of amides is 2. The van der Waals surface area contributed by atoms with Crippen molar-refractivity contribution < 1.29 is 14.3 Å². The summed E-state index contributed by atoms with van der Waals surface area (Å²) in [5.74, 6) is 0.328. The SMILES string of the molecule is COc1cc(N)c(Cl)cc1C(=O)N1CCN(C(=O)C(C)(C)C)CC1.Cl. The van der Waals surface area contributed by atoms with E-state index in [9.17, 15) is 9.59 Å². The lowest BCUT2D eigenvalue weighted by atomic mass is 9.94. The number of piperazine rings is 1. The van der Waals surface area contributed by atoms with Crippen LogP contribution in [-0.4, -0.2) is 54.9 Å². The Balaban J connectivity index is 0.00000312. The van der Waals surface area contributed by atoms with Gasteiger partial charge in [-0.1, -0.05) is 32.4 Å². The zero-order chi connectivity index (χ0) is 18.1. The summed E-state index contributed by atoms with van der Waals surface area (Å²) in [6, 6.07) is 3.08. The standard InChI is InChI=1S/C17H24ClN3O3.ClH/c1-17(2,3)16(23)21-7-5-20(6-8-21)15(22)11-9-12(18)13(19)10-14(11)24-4;/h9-10H,5-8,19H2,1-4H3;1H. The summed E-state index contributed by atoms with van der Waals surface area (Å²) in [4.78, 5) is 28.6. The molecule has 1 aromatic rings. The highest BCUT2D eigenvalue weighted by Crippen LogP contribution is 2.30. The van der Waals surface area contributed by atoms with Crippen molar-refractivity contribution in [3.63, 3.8) is 0 Å². The van der Waals surface area contributed by atoms with Crippen LogP contribution in [0, 0.1) is 5.41 Å². The van der Waals surface area contributed by atoms with Gasteiger partial charge in [0.15, 0.2) is 0 Å². The molecule has 0 saturated carbocycles. The number of anilines is 1. The van der Waals surface area contributed by atoms with Crippen molar-refractivity contribution in [3.8, 4) is 5.75 Å². The number of ether oxygens (including phenoxy) is 1. The average molecular weight is 390 g/mol. The number of benzene rings is 1. The molecule has 0 aliphatic carbocycles. The van der Waals surface area contributed by atoms with Crippen LogP contribution in [0.2, 0.25) is 5.02 Å². The van der Waals surface area contributed by atoms with Gasteiger partial charge in [0.2, 0.25) is 5.91 Å². The zero-order valence-electron chi connectivity index (χ0n) is 15.0. The molecule has 0 atom stereocenters. The van der Waals surface area contributed by atoms with Crippen LogP contribution < -0.4 is 10.5 Å². The molecule has 1 heterocycles. The van der Waals surface area contributed by atoms with Gasteiger partial charge in [0, 0.05) is 37.7 Å². The van der Waals surface area contributed by atoms with Gasteiger partial charge in [-0.15, -0.1) is 12.4 Å². The van der Waals surface area contributed by atoms with E-state index in [1.54, 1.807) is 15.9 Å². The van der Waals surface area contributed by atoms with Crippen LogP contribution in [0.1, 0.15) is 31.1 Å². The first-order valence-corrected chi connectivity index (χ1v) is 8.24. The van der Waals surface area contributed by atoms with Gasteiger partial charge in [0.25, 0.3) is 5.91 Å². The molecule has 6 nitrogen and oxygen atoms in total. The Hall–Kier alpha value is -1.66. The zero-order valence-corrected chi connectivity index (χ0v) is 16.5. The van der Waals surface area contributed by atoms with E-state index < -0.39 is 5.41 Å². The molecule has 0 spiro atoms. The van der Waals surface area contributed by atoms with Crippen LogP contribution in [0.25, 0.3) is 0 Å². The third-order valence-electron chi connectivity index (χ3n) is 4.04. The lowest BCUT2D eigenvalue weighted by Crippen LogP contribution is -2.53. The molecule has 0 aromatic heterocycles. The summed E-state index contributed by atoms with van der Waals surface area (Å²) in [6.07, 6.45) is 0. The van der Waals surface area contributed by atoms with E-state index in [-0.39, 0.29) is 24.2 Å². The smallest absolute Gasteiger partial charge is 0.257 e. The number of nitrogens with zero attached hydrogens (tertiary/aromatic N) is 2. The predicted molar refractivity (Wildman–Crippen MR) is 102 cm³/mol. The lowest BCUT2D eigenvalue weighted by Gasteiger charge is -2.37. The second kappa shape index (κ2) is 8.15. The fourth-order valence-electron chi connectivity index (χ4n) is 2.66. The molecule has 1 aromatic carbocycles. The van der Waals surface area contributed by atoms with Gasteiger partial charge in [0.1, 0.15) is 5.75 Å². The van der Waals surface area contributed by atoms with Crippen molar-refractivity contribution in [3.05, 3.63) is 22.7 Å². The van der Waals surface area contributed by atoms with Crippen LogP contribution in [0.4, 0.5) is 5.69 Å². The van der Waals surface area contributed by atoms with Gasteiger partial charge in [-0.25, -0.2) is 0 Å². The molecule has 25 heavy (non-hydrogen) atoms. The Morgan fingerprint density at radius 1 is 1.12 bits per heavy atom. The largest absolute Gasteiger partial charge is 0.496 e. The van der Waals surface area contributed by atoms with Crippen molar-refractivity contribution in [2.45, 2.75) is 20.8 Å². The Morgan fingerprint density at radius 2 is 1.64 bits per heavy atom. The van der Waals surface area contributed by atoms with Crippen LogP contribution in [-0.2, 0) is 4.79 Å². The molecule has 2 rings (SSSR count). The number of methoxy groups -OCH3 is 1. The highest BCUT2D eigenvalue weighted by molar-refractivity contribution is 6.33. The van der Waals surface area contributed by atoms with Crippen molar-refractivity contribution in [2.24, 2.45) is 5.41 Å². The monoisotopic (exact) mass is 389 g/mol. The Morgan fingerprint density at radius 3 is 2.12 bits per heavy atom. The molecule has 0 radical (unpaired) electrons. The molecule has 1 aliphatic heterocycles. The Kier molecular flexibility index (Phi) is 6.97. The van der Waals surface area contributed by atoms with Crippen molar-refractivity contribution in [2.75, 3.05) is 39.0 Å². The second-order valence-electron chi connectivity index (χ2n) is 6.91. The van der Waals surface area contributed by atoms with Gasteiger partial charge in [-0.05, 0) is 6.07 Å². The highest BCUT2D eigenvalue weighted by atomic mass is 35.5. The Labute approximate surface area is 159 Å². The highest BCUT2D eigenvalue weighted by Gasteiger charge is 2.31. The first-order chi connectivity index (χ1) is 11.1. The van der Waals surface area contributed by atoms with Crippen LogP contribution >= 0.6 is 24.0 Å². The average Bonchev–Trinajstić information content (AvgIpc) is 2.55. The number of carbonyl (C=O) groups excluding carboxylic acids is 2. The molecule has 0 bridgehead atoms. The minimum absolute atomic E-state index is 0. The van der Waals surface area contributed by atoms with Crippen molar-refractivity contribution in [1.82, 2.24) is 9.80 Å². The van der Waals surface area contributed by atoms with E-state index in [1.165, 1.54) is 13.2 Å². The summed E-state index contributed by atoms with van der Waals surface area (Å²) >= 11 is 6.04. The molecule has 2 amide bonds. The number of hydrogen-bond donors (Lipinski definition) is 1. The molecule has 1 aliphatic rings. The van der Waals surface area contributed by atoms with E-state index >= 15 is 0 Å². The van der Waals surface area contributed by atoms with Crippen LogP contribution in [0.5, 0.6) is 5.75 Å². The summed E-state index contributed by atoms with van der Waals surface area (Å²) in [5.41, 5.74) is 6.09. The predicted octanol–water partition coefficient (Wildman–Crippen LogP) is 2.68. The first kappa shape index (κ1) is 21.4. The van der Waals surface area contributed by atoms with Crippen LogP contribution in [0.15, 0.2) is 12.1 Å². The minimum atomic E-state index is -0.417. The van der Waals surface area contributed by atoms with Gasteiger partial charge >= 0.3 is 0 Å². The molecule has 2 N–H and O–H groups in total. The molecule has 8 heteroatoms. The number of nitrogen functional groups attached to an aromatic ring is 1. The van der Waals surface area contributed by atoms with E-state index in [1.807, 2.05) is 20.8 Å². The van der Waals surface area contributed by atoms with E-state index in [0.717, 1.165) is 0 Å². The fraction of sp³-hybridized carbons (Fsp3) is 0.529. The maximum absolute atomic E-state index is 12.8. The summed E-state index contributed by atoms with van der Waals surface area (Å²) in [5, 5.41) is 0.320. The molecule has 1 saturated heterocycles. The summed E-state index contributed by atoms with van der Waals surface area (Å²) in [7, 11) is 1.49. The van der Waals surface area contributed by atoms with Gasteiger partial charge in [0.05, 0.1) is 23.4 Å². The second-order valence-corrected chi connectivity index (χ2v) is 7.32. The quantitative estimate of drug-likeness (QED) is 0.788. The summed E-state index contributed by atoms with van der Waals surface area (Å²) < 4.78 is 5.25. The maximum atomic E-state index is 12.8. The number of hydrogen-bond acceptors (Lipinski definition) is 4. The normalized spacial score (nSPS) is 14.8. The van der Waals surface area contributed by atoms with Gasteiger partial charge < -0.3 is 20.3 Å². The third kappa shape index (κ3) is 4.70. The van der Waals surface area contributed by atoms with Gasteiger partial charge in [-0.2, -0.15) is 0 Å². The topological polar surface area (TPSA) is 75.9 Å². The summed E-state index contributed by atoms with van der Waals surface area (Å²) in [6.45, 7) is 7.69.